The highest BCUT2D eigenvalue weighted by molar-refractivity contribution is 9.09. The van der Waals surface area contributed by atoms with Gasteiger partial charge in [0.1, 0.15) is 0 Å². The zero-order valence-electron chi connectivity index (χ0n) is 12.4. The summed E-state index contributed by atoms with van der Waals surface area (Å²) in [6.45, 7) is 5.21. The highest BCUT2D eigenvalue weighted by atomic mass is 79.9. The Morgan fingerprint density at radius 3 is 2.67 bits per heavy atom. The third kappa shape index (κ3) is 3.86. The van der Waals surface area contributed by atoms with E-state index in [9.17, 15) is 4.79 Å². The first kappa shape index (κ1) is 15.0. The van der Waals surface area contributed by atoms with Crippen molar-refractivity contribution >= 4 is 21.8 Å². The Bertz CT molecular complexity index is 479. The number of benzene rings is 1. The smallest absolute Gasteiger partial charge is 0.222 e. The lowest BCUT2D eigenvalue weighted by molar-refractivity contribution is -0.128. The molecule has 2 aliphatic rings. The largest absolute Gasteiger partial charge is 0.342 e. The maximum Gasteiger partial charge on any atom is 0.222 e. The zero-order chi connectivity index (χ0) is 14.7. The summed E-state index contributed by atoms with van der Waals surface area (Å²) in [5.74, 6) is 1.51. The quantitative estimate of drug-likeness (QED) is 0.762. The Balaban J connectivity index is 1.48. The van der Waals surface area contributed by atoms with Gasteiger partial charge in [-0.15, -0.1) is 0 Å². The molecule has 0 N–H and O–H groups in total. The first-order valence-electron chi connectivity index (χ1n) is 7.84. The van der Waals surface area contributed by atoms with Crippen molar-refractivity contribution < 1.29 is 4.79 Å². The van der Waals surface area contributed by atoms with E-state index in [1.165, 1.54) is 12.0 Å². The molecule has 2 fully saturated rings. The third-order valence-corrected chi connectivity index (χ3v) is 5.53. The van der Waals surface area contributed by atoms with E-state index in [1.807, 2.05) is 0 Å². The molecule has 114 valence electrons. The van der Waals surface area contributed by atoms with Gasteiger partial charge >= 0.3 is 0 Å². The first-order valence-corrected chi connectivity index (χ1v) is 8.96. The van der Waals surface area contributed by atoms with Crippen LogP contribution in [0.3, 0.4) is 0 Å². The van der Waals surface area contributed by atoms with E-state index < -0.39 is 0 Å². The number of nitrogens with zero attached hydrogens (tertiary/aromatic N) is 2. The summed E-state index contributed by atoms with van der Waals surface area (Å²) in [7, 11) is 0. The maximum absolute atomic E-state index is 12.0. The summed E-state index contributed by atoms with van der Waals surface area (Å²) in [5.41, 5.74) is 1.38. The number of likely N-dealkylation sites (tertiary alicyclic amines) is 2. The van der Waals surface area contributed by atoms with Crippen LogP contribution in [0, 0.1) is 11.8 Å². The van der Waals surface area contributed by atoms with Gasteiger partial charge in [-0.2, -0.15) is 0 Å². The predicted octanol–water partition coefficient (Wildman–Crippen LogP) is 2.75. The number of alkyl halides is 1. The fraction of sp³-hybridized carbons (Fsp3) is 0.588. The SMILES string of the molecule is O=C1CC(CBr)CN1CC1CCN(Cc2ccccc2)C1. The topological polar surface area (TPSA) is 23.6 Å². The van der Waals surface area contributed by atoms with Crippen LogP contribution in [0.15, 0.2) is 30.3 Å². The Hall–Kier alpha value is -0.870. The van der Waals surface area contributed by atoms with Crippen LogP contribution in [-0.2, 0) is 11.3 Å². The minimum absolute atomic E-state index is 0.348. The van der Waals surface area contributed by atoms with Crippen LogP contribution < -0.4 is 0 Å². The highest BCUT2D eigenvalue weighted by Gasteiger charge is 2.32. The Labute approximate surface area is 135 Å². The molecule has 3 nitrogen and oxygen atoms in total. The normalized spacial score (nSPS) is 26.7. The van der Waals surface area contributed by atoms with Gasteiger partial charge in [-0.3, -0.25) is 9.69 Å². The molecular formula is C17H23BrN2O. The second-order valence-corrected chi connectivity index (χ2v) is 7.05. The van der Waals surface area contributed by atoms with E-state index in [2.05, 4.69) is 56.1 Å². The van der Waals surface area contributed by atoms with Gasteiger partial charge in [-0.1, -0.05) is 46.3 Å². The molecule has 0 aromatic heterocycles. The van der Waals surface area contributed by atoms with Gasteiger partial charge in [0, 0.05) is 37.9 Å². The van der Waals surface area contributed by atoms with Crippen molar-refractivity contribution in [3.05, 3.63) is 35.9 Å². The Morgan fingerprint density at radius 2 is 1.95 bits per heavy atom. The van der Waals surface area contributed by atoms with E-state index >= 15 is 0 Å². The van der Waals surface area contributed by atoms with E-state index in [0.717, 1.165) is 44.5 Å². The number of rotatable bonds is 5. The zero-order valence-corrected chi connectivity index (χ0v) is 14.0. The van der Waals surface area contributed by atoms with E-state index in [0.29, 0.717) is 17.7 Å². The molecule has 0 aliphatic carbocycles. The van der Waals surface area contributed by atoms with Gasteiger partial charge < -0.3 is 4.90 Å². The first-order chi connectivity index (χ1) is 10.2. The summed E-state index contributed by atoms with van der Waals surface area (Å²) in [5, 5.41) is 0.944. The van der Waals surface area contributed by atoms with Gasteiger partial charge in [0.05, 0.1) is 0 Å². The molecule has 0 spiro atoms. The molecule has 3 rings (SSSR count). The van der Waals surface area contributed by atoms with Crippen molar-refractivity contribution in [1.29, 1.82) is 0 Å². The number of hydrogen-bond donors (Lipinski definition) is 0. The van der Waals surface area contributed by atoms with E-state index in [1.54, 1.807) is 0 Å². The number of carbonyl (C=O) groups is 1. The molecule has 4 heteroatoms. The van der Waals surface area contributed by atoms with Crippen LogP contribution in [0.25, 0.3) is 0 Å². The third-order valence-electron chi connectivity index (χ3n) is 4.61. The molecule has 2 saturated heterocycles. The van der Waals surface area contributed by atoms with Gasteiger partial charge in [0.2, 0.25) is 5.91 Å². The maximum atomic E-state index is 12.0. The molecule has 1 amide bonds. The monoisotopic (exact) mass is 350 g/mol. The number of hydrogen-bond acceptors (Lipinski definition) is 2. The average Bonchev–Trinajstić information content (AvgIpc) is 3.08. The van der Waals surface area contributed by atoms with Gasteiger partial charge in [0.15, 0.2) is 0 Å². The van der Waals surface area contributed by atoms with Crippen molar-refractivity contribution in [1.82, 2.24) is 9.80 Å². The van der Waals surface area contributed by atoms with Crippen molar-refractivity contribution in [3.63, 3.8) is 0 Å². The lowest BCUT2D eigenvalue weighted by Crippen LogP contribution is -2.32. The van der Waals surface area contributed by atoms with Crippen molar-refractivity contribution in [2.24, 2.45) is 11.8 Å². The number of carbonyl (C=O) groups excluding carboxylic acids is 1. The summed E-state index contributed by atoms with van der Waals surface area (Å²) >= 11 is 3.50. The minimum atomic E-state index is 0.348. The summed E-state index contributed by atoms with van der Waals surface area (Å²) < 4.78 is 0. The lowest BCUT2D eigenvalue weighted by atomic mass is 10.1. The summed E-state index contributed by atoms with van der Waals surface area (Å²) in [4.78, 5) is 16.6. The molecule has 2 unspecified atom stereocenters. The highest BCUT2D eigenvalue weighted by Crippen LogP contribution is 2.24. The summed E-state index contributed by atoms with van der Waals surface area (Å²) in [6, 6.07) is 10.7. The van der Waals surface area contributed by atoms with Gasteiger partial charge in [-0.25, -0.2) is 0 Å². The minimum Gasteiger partial charge on any atom is -0.342 e. The molecule has 0 bridgehead atoms. The molecule has 2 atom stereocenters. The van der Waals surface area contributed by atoms with Gasteiger partial charge in [-0.05, 0) is 30.4 Å². The molecule has 1 aromatic rings. The van der Waals surface area contributed by atoms with Crippen LogP contribution in [0.5, 0.6) is 0 Å². The second kappa shape index (κ2) is 6.93. The number of amides is 1. The standard InChI is InChI=1S/C17H23BrN2O/c18-9-16-8-17(21)20(13-16)12-15-6-7-19(11-15)10-14-4-2-1-3-5-14/h1-5,15-16H,6-13H2. The van der Waals surface area contributed by atoms with Crippen LogP contribution in [0.2, 0.25) is 0 Å². The van der Waals surface area contributed by atoms with E-state index in [-0.39, 0.29) is 0 Å². The molecule has 0 saturated carbocycles. The molecular weight excluding hydrogens is 328 g/mol. The molecule has 0 radical (unpaired) electrons. The number of halogens is 1. The van der Waals surface area contributed by atoms with Crippen molar-refractivity contribution in [3.8, 4) is 0 Å². The van der Waals surface area contributed by atoms with Crippen LogP contribution in [0.4, 0.5) is 0 Å². The van der Waals surface area contributed by atoms with Gasteiger partial charge in [0.25, 0.3) is 0 Å². The second-order valence-electron chi connectivity index (χ2n) is 6.40. The lowest BCUT2D eigenvalue weighted by Gasteiger charge is -2.21. The van der Waals surface area contributed by atoms with E-state index in [4.69, 9.17) is 0 Å². The van der Waals surface area contributed by atoms with Crippen LogP contribution in [-0.4, -0.2) is 47.2 Å². The Morgan fingerprint density at radius 1 is 1.14 bits per heavy atom. The van der Waals surface area contributed by atoms with Crippen LogP contribution in [0.1, 0.15) is 18.4 Å². The molecule has 21 heavy (non-hydrogen) atoms. The Kier molecular flexibility index (Phi) is 4.96. The predicted molar refractivity (Wildman–Crippen MR) is 88.3 cm³/mol. The molecule has 1 aromatic carbocycles. The fourth-order valence-corrected chi connectivity index (χ4v) is 3.93. The fourth-order valence-electron chi connectivity index (χ4n) is 3.49. The molecule has 2 aliphatic heterocycles. The van der Waals surface area contributed by atoms with Crippen LogP contribution >= 0.6 is 15.9 Å². The molecule has 2 heterocycles. The summed E-state index contributed by atoms with van der Waals surface area (Å²) in [6.07, 6.45) is 1.95. The van der Waals surface area contributed by atoms with Crippen molar-refractivity contribution in [2.75, 3.05) is 31.5 Å². The average molecular weight is 351 g/mol. The van der Waals surface area contributed by atoms with Crippen molar-refractivity contribution in [2.45, 2.75) is 19.4 Å².